The summed E-state index contributed by atoms with van der Waals surface area (Å²) in [6.07, 6.45) is 0. The van der Waals surface area contributed by atoms with Crippen molar-refractivity contribution in [3.05, 3.63) is 35.1 Å². The molecule has 2 rings (SSSR count). The number of likely N-dealkylation sites (N-methyl/N-ethyl adjacent to an activating group) is 1. The molecule has 7 nitrogen and oxygen atoms in total. The molecule has 0 aliphatic carbocycles. The maximum Gasteiger partial charge on any atom is 0.244 e. The number of nitrogens with one attached hydrogen (secondary N) is 1. The van der Waals surface area contributed by atoms with Crippen molar-refractivity contribution < 1.29 is 9.59 Å². The maximum atomic E-state index is 12.1. The number of aryl methyl sites for hydroxylation is 1. The second kappa shape index (κ2) is 8.16. The minimum absolute atomic E-state index is 0.0531. The Balaban J connectivity index is 1.83. The van der Waals surface area contributed by atoms with E-state index in [2.05, 4.69) is 15.5 Å². The van der Waals surface area contributed by atoms with E-state index in [0.29, 0.717) is 15.9 Å². The Morgan fingerprint density at radius 2 is 2.04 bits per heavy atom. The second-order valence-electron chi connectivity index (χ2n) is 5.16. The summed E-state index contributed by atoms with van der Waals surface area (Å²) >= 11 is 7.27. The minimum atomic E-state index is -0.307. The van der Waals surface area contributed by atoms with Gasteiger partial charge in [-0.2, -0.15) is 0 Å². The Kier molecular flexibility index (Phi) is 6.22. The van der Waals surface area contributed by atoms with Gasteiger partial charge in [0.25, 0.3) is 0 Å². The molecule has 2 aromatic rings. The molecule has 128 valence electrons. The van der Waals surface area contributed by atoms with Crippen molar-refractivity contribution >= 4 is 40.9 Å². The van der Waals surface area contributed by atoms with Gasteiger partial charge < -0.3 is 14.8 Å². The Labute approximate surface area is 149 Å². The summed E-state index contributed by atoms with van der Waals surface area (Å²) in [5.41, 5.74) is 0.522. The fraction of sp³-hybridized carbons (Fsp3) is 0.333. The van der Waals surface area contributed by atoms with E-state index in [0.717, 1.165) is 5.82 Å². The summed E-state index contributed by atoms with van der Waals surface area (Å²) in [6, 6.07) is 6.94. The average molecular weight is 368 g/mol. The standard InChI is InChI=1S/C15H18ClN5O2S/c1-10-18-19-15(21(10)3)24-9-14(23)20(2)8-13(22)17-12-7-5-4-6-11(12)16/h4-7H,8-9H2,1-3H3,(H,17,22). The summed E-state index contributed by atoms with van der Waals surface area (Å²) in [6.45, 7) is 1.78. The van der Waals surface area contributed by atoms with Crippen molar-refractivity contribution in [3.8, 4) is 0 Å². The Hall–Kier alpha value is -2.06. The highest BCUT2D eigenvalue weighted by Gasteiger charge is 2.16. The number of para-hydroxylation sites is 1. The zero-order valence-electron chi connectivity index (χ0n) is 13.6. The summed E-state index contributed by atoms with van der Waals surface area (Å²) < 4.78 is 1.81. The lowest BCUT2D eigenvalue weighted by Gasteiger charge is -2.16. The molecule has 0 unspecified atom stereocenters. The van der Waals surface area contributed by atoms with Crippen LogP contribution in [-0.4, -0.2) is 50.8 Å². The molecule has 0 saturated heterocycles. The SMILES string of the molecule is Cc1nnc(SCC(=O)N(C)CC(=O)Nc2ccccc2Cl)n1C. The highest BCUT2D eigenvalue weighted by molar-refractivity contribution is 7.99. The molecule has 9 heteroatoms. The molecule has 0 bridgehead atoms. The number of halogens is 1. The van der Waals surface area contributed by atoms with Gasteiger partial charge in [0.15, 0.2) is 5.16 Å². The number of anilines is 1. The van der Waals surface area contributed by atoms with Crippen LogP contribution in [0.15, 0.2) is 29.4 Å². The lowest BCUT2D eigenvalue weighted by atomic mass is 10.3. The van der Waals surface area contributed by atoms with Crippen molar-refractivity contribution in [2.24, 2.45) is 7.05 Å². The molecule has 1 heterocycles. The predicted octanol–water partition coefficient (Wildman–Crippen LogP) is 1.97. The van der Waals surface area contributed by atoms with Crippen molar-refractivity contribution in [1.29, 1.82) is 0 Å². The number of hydrogen-bond donors (Lipinski definition) is 1. The number of carbonyl (C=O) groups is 2. The maximum absolute atomic E-state index is 12.1. The summed E-state index contributed by atoms with van der Waals surface area (Å²) in [5, 5.41) is 11.7. The summed E-state index contributed by atoms with van der Waals surface area (Å²) in [5.74, 6) is 0.479. The fourth-order valence-corrected chi connectivity index (χ4v) is 2.89. The third-order valence-corrected chi connectivity index (χ3v) is 4.67. The molecule has 2 amide bonds. The van der Waals surface area contributed by atoms with E-state index in [4.69, 9.17) is 11.6 Å². The number of hydrogen-bond acceptors (Lipinski definition) is 5. The monoisotopic (exact) mass is 367 g/mol. The van der Waals surface area contributed by atoms with Crippen LogP contribution in [0.25, 0.3) is 0 Å². The first-order valence-corrected chi connectivity index (χ1v) is 8.52. The number of rotatable bonds is 6. The Morgan fingerprint density at radius 1 is 1.33 bits per heavy atom. The third-order valence-electron chi connectivity index (χ3n) is 3.33. The number of nitrogens with zero attached hydrogens (tertiary/aromatic N) is 4. The van der Waals surface area contributed by atoms with Gasteiger partial charge in [-0.15, -0.1) is 10.2 Å². The van der Waals surface area contributed by atoms with Crippen LogP contribution in [0.2, 0.25) is 5.02 Å². The Bertz CT molecular complexity index is 749. The minimum Gasteiger partial charge on any atom is -0.336 e. The highest BCUT2D eigenvalue weighted by Crippen LogP contribution is 2.20. The molecule has 1 N–H and O–H groups in total. The van der Waals surface area contributed by atoms with E-state index in [9.17, 15) is 9.59 Å². The van der Waals surface area contributed by atoms with Crippen LogP contribution in [0.5, 0.6) is 0 Å². The van der Waals surface area contributed by atoms with Crippen LogP contribution < -0.4 is 5.32 Å². The molecule has 0 aliphatic heterocycles. The average Bonchev–Trinajstić information content (AvgIpc) is 2.86. The Morgan fingerprint density at radius 3 is 2.67 bits per heavy atom. The molecule has 0 atom stereocenters. The van der Waals surface area contributed by atoms with Gasteiger partial charge in [-0.25, -0.2) is 0 Å². The molecule has 0 aliphatic rings. The van der Waals surface area contributed by atoms with Crippen LogP contribution >= 0.6 is 23.4 Å². The molecule has 0 saturated carbocycles. The van der Waals surface area contributed by atoms with Crippen LogP contribution in [0, 0.1) is 6.92 Å². The third kappa shape index (κ3) is 4.72. The number of thioether (sulfide) groups is 1. The van der Waals surface area contributed by atoms with Gasteiger partial charge in [0.2, 0.25) is 11.8 Å². The van der Waals surface area contributed by atoms with Gasteiger partial charge >= 0.3 is 0 Å². The first-order valence-electron chi connectivity index (χ1n) is 7.15. The molecular weight excluding hydrogens is 350 g/mol. The smallest absolute Gasteiger partial charge is 0.244 e. The van der Waals surface area contributed by atoms with E-state index < -0.39 is 0 Å². The summed E-state index contributed by atoms with van der Waals surface area (Å²) in [7, 11) is 3.42. The van der Waals surface area contributed by atoms with Crippen molar-refractivity contribution in [3.63, 3.8) is 0 Å². The van der Waals surface area contributed by atoms with Crippen molar-refractivity contribution in [2.75, 3.05) is 24.7 Å². The van der Waals surface area contributed by atoms with E-state index in [1.54, 1.807) is 31.3 Å². The van der Waals surface area contributed by atoms with Gasteiger partial charge in [-0.1, -0.05) is 35.5 Å². The topological polar surface area (TPSA) is 80.1 Å². The highest BCUT2D eigenvalue weighted by atomic mass is 35.5. The zero-order valence-corrected chi connectivity index (χ0v) is 15.2. The lowest BCUT2D eigenvalue weighted by molar-refractivity contribution is -0.131. The number of benzene rings is 1. The first-order chi connectivity index (χ1) is 11.4. The first kappa shape index (κ1) is 18.3. The zero-order chi connectivity index (χ0) is 17.7. The molecule has 1 aromatic carbocycles. The predicted molar refractivity (Wildman–Crippen MR) is 94.2 cm³/mol. The normalized spacial score (nSPS) is 10.5. The van der Waals surface area contributed by atoms with Gasteiger partial charge in [0.05, 0.1) is 23.0 Å². The molecular formula is C15H18ClN5O2S. The van der Waals surface area contributed by atoms with E-state index in [-0.39, 0.29) is 24.1 Å². The van der Waals surface area contributed by atoms with Gasteiger partial charge in [-0.3, -0.25) is 9.59 Å². The van der Waals surface area contributed by atoms with Crippen LogP contribution in [0.3, 0.4) is 0 Å². The van der Waals surface area contributed by atoms with Gasteiger partial charge in [0.1, 0.15) is 5.82 Å². The number of carbonyl (C=O) groups excluding carboxylic acids is 2. The number of amides is 2. The van der Waals surface area contributed by atoms with E-state index >= 15 is 0 Å². The molecule has 0 spiro atoms. The molecule has 0 fully saturated rings. The van der Waals surface area contributed by atoms with Crippen molar-refractivity contribution in [1.82, 2.24) is 19.7 Å². The molecule has 0 radical (unpaired) electrons. The second-order valence-corrected chi connectivity index (χ2v) is 6.51. The lowest BCUT2D eigenvalue weighted by Crippen LogP contribution is -2.36. The molecule has 24 heavy (non-hydrogen) atoms. The largest absolute Gasteiger partial charge is 0.336 e. The van der Waals surface area contributed by atoms with Gasteiger partial charge in [0, 0.05) is 14.1 Å². The van der Waals surface area contributed by atoms with Gasteiger partial charge in [-0.05, 0) is 19.1 Å². The fourth-order valence-electron chi connectivity index (χ4n) is 1.81. The van der Waals surface area contributed by atoms with E-state index in [1.807, 2.05) is 18.5 Å². The van der Waals surface area contributed by atoms with Crippen LogP contribution in [-0.2, 0) is 16.6 Å². The molecule has 1 aromatic heterocycles. The van der Waals surface area contributed by atoms with E-state index in [1.165, 1.54) is 16.7 Å². The van der Waals surface area contributed by atoms with Crippen LogP contribution in [0.4, 0.5) is 5.69 Å². The van der Waals surface area contributed by atoms with Crippen LogP contribution in [0.1, 0.15) is 5.82 Å². The quantitative estimate of drug-likeness (QED) is 0.789. The summed E-state index contributed by atoms with van der Waals surface area (Å²) in [4.78, 5) is 25.5. The van der Waals surface area contributed by atoms with Crippen molar-refractivity contribution in [2.45, 2.75) is 12.1 Å². The number of aromatic nitrogens is 3.